The van der Waals surface area contributed by atoms with E-state index in [0.717, 1.165) is 11.1 Å². The van der Waals surface area contributed by atoms with Crippen molar-refractivity contribution in [3.63, 3.8) is 0 Å². The number of rotatable bonds is 3. The van der Waals surface area contributed by atoms with Crippen molar-refractivity contribution in [1.29, 1.82) is 0 Å². The van der Waals surface area contributed by atoms with Crippen molar-refractivity contribution in [2.75, 3.05) is 0 Å². The second-order valence-corrected chi connectivity index (χ2v) is 4.49. The number of halogens is 3. The monoisotopic (exact) mass is 281 g/mol. The van der Waals surface area contributed by atoms with Gasteiger partial charge in [-0.05, 0) is 41.8 Å². The van der Waals surface area contributed by atoms with E-state index in [0.29, 0.717) is 5.56 Å². The molecule has 0 spiro atoms. The summed E-state index contributed by atoms with van der Waals surface area (Å²) in [7, 11) is 0. The number of ether oxygens (including phenoxy) is 1. The Balaban J connectivity index is 2.33. The van der Waals surface area contributed by atoms with Crippen LogP contribution in [0, 0.1) is 0 Å². The highest BCUT2D eigenvalue weighted by Crippen LogP contribution is 2.28. The van der Waals surface area contributed by atoms with E-state index in [4.69, 9.17) is 5.73 Å². The van der Waals surface area contributed by atoms with Gasteiger partial charge in [0.25, 0.3) is 0 Å². The van der Waals surface area contributed by atoms with E-state index in [-0.39, 0.29) is 11.8 Å². The van der Waals surface area contributed by atoms with E-state index in [1.807, 2.05) is 31.2 Å². The second kappa shape index (κ2) is 5.54. The van der Waals surface area contributed by atoms with Crippen LogP contribution in [0.25, 0.3) is 11.1 Å². The highest BCUT2D eigenvalue weighted by Gasteiger charge is 2.31. The second-order valence-electron chi connectivity index (χ2n) is 4.49. The molecule has 0 aliphatic heterocycles. The molecule has 20 heavy (non-hydrogen) atoms. The Kier molecular flexibility index (Phi) is 3.99. The minimum absolute atomic E-state index is 0.135. The molecule has 5 heteroatoms. The molecule has 0 saturated carbocycles. The lowest BCUT2D eigenvalue weighted by molar-refractivity contribution is -0.274. The van der Waals surface area contributed by atoms with Gasteiger partial charge >= 0.3 is 6.36 Å². The summed E-state index contributed by atoms with van der Waals surface area (Å²) in [6.07, 6.45) is -4.69. The van der Waals surface area contributed by atoms with Crippen molar-refractivity contribution in [3.8, 4) is 16.9 Å². The third-order valence-electron chi connectivity index (χ3n) is 2.81. The van der Waals surface area contributed by atoms with E-state index < -0.39 is 6.36 Å². The number of nitrogens with two attached hydrogens (primary N) is 1. The Morgan fingerprint density at radius 3 is 2.20 bits per heavy atom. The average molecular weight is 281 g/mol. The van der Waals surface area contributed by atoms with Gasteiger partial charge in [-0.15, -0.1) is 13.2 Å². The van der Waals surface area contributed by atoms with E-state index in [1.165, 1.54) is 18.2 Å². The molecule has 2 rings (SSSR count). The fourth-order valence-electron chi connectivity index (χ4n) is 1.87. The van der Waals surface area contributed by atoms with Gasteiger partial charge in [0.1, 0.15) is 5.75 Å². The van der Waals surface area contributed by atoms with Gasteiger partial charge in [-0.2, -0.15) is 0 Å². The van der Waals surface area contributed by atoms with Gasteiger partial charge in [-0.25, -0.2) is 0 Å². The maximum atomic E-state index is 12.2. The molecule has 0 unspecified atom stereocenters. The first-order valence-electron chi connectivity index (χ1n) is 6.07. The molecule has 1 atom stereocenters. The first kappa shape index (κ1) is 14.4. The third kappa shape index (κ3) is 3.74. The van der Waals surface area contributed by atoms with Gasteiger partial charge in [0.15, 0.2) is 0 Å². The molecule has 106 valence electrons. The van der Waals surface area contributed by atoms with Crippen LogP contribution < -0.4 is 10.5 Å². The van der Waals surface area contributed by atoms with E-state index in [2.05, 4.69) is 4.74 Å². The Hall–Kier alpha value is -2.01. The van der Waals surface area contributed by atoms with Crippen LogP contribution in [0.15, 0.2) is 48.5 Å². The molecular formula is C15H14F3NO. The predicted molar refractivity (Wildman–Crippen MR) is 71.2 cm³/mol. The molecule has 0 amide bonds. The van der Waals surface area contributed by atoms with Crippen molar-refractivity contribution in [2.45, 2.75) is 19.3 Å². The molecule has 0 aliphatic rings. The maximum absolute atomic E-state index is 12.2. The Bertz CT molecular complexity index is 594. The summed E-state index contributed by atoms with van der Waals surface area (Å²) in [6, 6.07) is 13.1. The van der Waals surface area contributed by atoms with Gasteiger partial charge in [0, 0.05) is 6.04 Å². The molecule has 2 N–H and O–H groups in total. The zero-order valence-electron chi connectivity index (χ0n) is 10.8. The van der Waals surface area contributed by atoms with Crippen molar-refractivity contribution < 1.29 is 17.9 Å². The minimum Gasteiger partial charge on any atom is -0.406 e. The number of alkyl halides is 3. The number of hydrogen-bond acceptors (Lipinski definition) is 2. The average Bonchev–Trinajstić information content (AvgIpc) is 2.37. The normalized spacial score (nSPS) is 13.1. The Morgan fingerprint density at radius 1 is 1.00 bits per heavy atom. The van der Waals surface area contributed by atoms with Crippen molar-refractivity contribution in [3.05, 3.63) is 54.1 Å². The van der Waals surface area contributed by atoms with Gasteiger partial charge in [0.05, 0.1) is 0 Å². The van der Waals surface area contributed by atoms with Crippen LogP contribution in [0.2, 0.25) is 0 Å². The molecule has 0 saturated heterocycles. The summed E-state index contributed by atoms with van der Waals surface area (Å²) in [5, 5.41) is 0. The van der Waals surface area contributed by atoms with Crippen molar-refractivity contribution in [2.24, 2.45) is 5.73 Å². The van der Waals surface area contributed by atoms with Gasteiger partial charge < -0.3 is 10.5 Å². The molecule has 2 aromatic rings. The van der Waals surface area contributed by atoms with E-state index in [9.17, 15) is 13.2 Å². The first-order chi connectivity index (χ1) is 9.35. The molecule has 0 fully saturated rings. The van der Waals surface area contributed by atoms with Crippen LogP contribution in [0.1, 0.15) is 18.5 Å². The summed E-state index contributed by atoms with van der Waals surface area (Å²) in [5.74, 6) is -0.235. The largest absolute Gasteiger partial charge is 0.573 e. The van der Waals surface area contributed by atoms with Gasteiger partial charge in [-0.1, -0.05) is 30.3 Å². The fourth-order valence-corrected chi connectivity index (χ4v) is 1.87. The summed E-state index contributed by atoms with van der Waals surface area (Å²) < 4.78 is 40.5. The fraction of sp³-hybridized carbons (Fsp3) is 0.200. The van der Waals surface area contributed by atoms with E-state index in [1.54, 1.807) is 6.07 Å². The molecule has 0 bridgehead atoms. The molecule has 0 heterocycles. The Morgan fingerprint density at radius 2 is 1.60 bits per heavy atom. The van der Waals surface area contributed by atoms with Crippen molar-refractivity contribution in [1.82, 2.24) is 0 Å². The summed E-state index contributed by atoms with van der Waals surface area (Å²) >= 11 is 0. The maximum Gasteiger partial charge on any atom is 0.573 e. The first-order valence-corrected chi connectivity index (χ1v) is 6.07. The highest BCUT2D eigenvalue weighted by molar-refractivity contribution is 5.65. The lowest BCUT2D eigenvalue weighted by Crippen LogP contribution is -2.17. The quantitative estimate of drug-likeness (QED) is 0.911. The topological polar surface area (TPSA) is 35.2 Å². The van der Waals surface area contributed by atoms with Crippen LogP contribution in [-0.4, -0.2) is 6.36 Å². The minimum atomic E-state index is -4.69. The van der Waals surface area contributed by atoms with Crippen LogP contribution in [-0.2, 0) is 0 Å². The Labute approximate surface area is 115 Å². The summed E-state index contributed by atoms with van der Waals surface area (Å²) in [6.45, 7) is 1.85. The molecule has 2 nitrogen and oxygen atoms in total. The highest BCUT2D eigenvalue weighted by atomic mass is 19.4. The molecule has 0 aliphatic carbocycles. The van der Waals surface area contributed by atoms with Gasteiger partial charge in [0.2, 0.25) is 0 Å². The SMILES string of the molecule is C[C@H](N)c1cccc(-c2cccc(OC(F)(F)F)c2)c1. The van der Waals surface area contributed by atoms with Crippen LogP contribution in [0.4, 0.5) is 13.2 Å². The molecule has 2 aromatic carbocycles. The summed E-state index contributed by atoms with van der Waals surface area (Å²) in [5.41, 5.74) is 8.17. The van der Waals surface area contributed by atoms with Crippen LogP contribution in [0.3, 0.4) is 0 Å². The number of hydrogen-bond donors (Lipinski definition) is 1. The predicted octanol–water partition coefficient (Wildman–Crippen LogP) is 4.27. The molecular weight excluding hydrogens is 267 g/mol. The van der Waals surface area contributed by atoms with Crippen LogP contribution >= 0.6 is 0 Å². The van der Waals surface area contributed by atoms with Crippen molar-refractivity contribution >= 4 is 0 Å². The third-order valence-corrected chi connectivity index (χ3v) is 2.81. The zero-order chi connectivity index (χ0) is 14.8. The molecule has 0 radical (unpaired) electrons. The van der Waals surface area contributed by atoms with Gasteiger partial charge in [-0.3, -0.25) is 0 Å². The summed E-state index contributed by atoms with van der Waals surface area (Å²) in [4.78, 5) is 0. The standard InChI is InChI=1S/C15H14F3NO/c1-10(19)11-4-2-5-12(8-11)13-6-3-7-14(9-13)20-15(16,17)18/h2-10H,19H2,1H3/t10-/m0/s1. The smallest absolute Gasteiger partial charge is 0.406 e. The number of benzene rings is 2. The van der Waals surface area contributed by atoms with Crippen LogP contribution in [0.5, 0.6) is 5.75 Å². The zero-order valence-corrected chi connectivity index (χ0v) is 10.8. The van der Waals surface area contributed by atoms with E-state index >= 15 is 0 Å². The lowest BCUT2D eigenvalue weighted by atomic mass is 10.0. The molecule has 0 aromatic heterocycles. The lowest BCUT2D eigenvalue weighted by Gasteiger charge is -2.11.